The quantitative estimate of drug-likeness (QED) is 0.856. The molecule has 0 saturated carbocycles. The van der Waals surface area contributed by atoms with E-state index in [2.05, 4.69) is 44.2 Å². The van der Waals surface area contributed by atoms with Crippen LogP contribution in [0.4, 0.5) is 0 Å². The van der Waals surface area contributed by atoms with Crippen molar-refractivity contribution in [3.63, 3.8) is 0 Å². The van der Waals surface area contributed by atoms with Gasteiger partial charge in [0.15, 0.2) is 0 Å². The minimum absolute atomic E-state index is 0.143. The third kappa shape index (κ3) is 2.26. The van der Waals surface area contributed by atoms with E-state index in [4.69, 9.17) is 11.5 Å². The summed E-state index contributed by atoms with van der Waals surface area (Å²) in [4.78, 5) is 0. The number of rotatable bonds is 3. The zero-order chi connectivity index (χ0) is 13.2. The molecule has 2 nitrogen and oxygen atoms in total. The van der Waals surface area contributed by atoms with E-state index in [1.54, 1.807) is 0 Å². The number of hydrogen-bond acceptors (Lipinski definition) is 2. The van der Waals surface area contributed by atoms with Crippen LogP contribution in [0.3, 0.4) is 0 Å². The zero-order valence-electron chi connectivity index (χ0n) is 11.1. The number of hydrogen-bond donors (Lipinski definition) is 2. The molecule has 1 aromatic rings. The molecule has 0 aromatic heterocycles. The van der Waals surface area contributed by atoms with E-state index < -0.39 is 5.54 Å². The van der Waals surface area contributed by atoms with Crippen molar-refractivity contribution in [2.24, 2.45) is 17.4 Å². The van der Waals surface area contributed by atoms with Gasteiger partial charge in [-0.25, -0.2) is 0 Å². The molecule has 0 saturated heterocycles. The molecule has 1 aromatic carbocycles. The van der Waals surface area contributed by atoms with Crippen molar-refractivity contribution < 1.29 is 0 Å². The van der Waals surface area contributed by atoms with Crippen LogP contribution in [0.1, 0.15) is 25.3 Å². The number of benzene rings is 1. The summed E-state index contributed by atoms with van der Waals surface area (Å²) in [6, 6.07) is 10.3. The average Bonchev–Trinajstić information content (AvgIpc) is 2.34. The van der Waals surface area contributed by atoms with E-state index in [1.807, 2.05) is 24.3 Å². The van der Waals surface area contributed by atoms with E-state index in [9.17, 15) is 0 Å². The Hall–Kier alpha value is -1.38. The maximum atomic E-state index is 6.62. The number of nitrogens with two attached hydrogens (primary N) is 2. The Morgan fingerprint density at radius 2 is 1.78 bits per heavy atom. The molecule has 0 amide bonds. The van der Waals surface area contributed by atoms with Crippen molar-refractivity contribution in [1.29, 1.82) is 0 Å². The molecule has 3 atom stereocenters. The molecule has 4 N–H and O–H groups in total. The van der Waals surface area contributed by atoms with Crippen molar-refractivity contribution in [3.05, 3.63) is 60.2 Å². The van der Waals surface area contributed by atoms with Crippen LogP contribution in [0.5, 0.6) is 0 Å². The highest BCUT2D eigenvalue weighted by molar-refractivity contribution is 5.35. The third-order valence-electron chi connectivity index (χ3n) is 3.76. The van der Waals surface area contributed by atoms with E-state index in [0.29, 0.717) is 5.92 Å². The molecule has 0 aliphatic heterocycles. The van der Waals surface area contributed by atoms with Gasteiger partial charge in [-0.05, 0) is 11.5 Å². The summed E-state index contributed by atoms with van der Waals surface area (Å²) in [6.45, 7) is 4.40. The molecule has 18 heavy (non-hydrogen) atoms. The summed E-state index contributed by atoms with van der Waals surface area (Å²) >= 11 is 0. The summed E-state index contributed by atoms with van der Waals surface area (Å²) in [5, 5.41) is 0. The van der Waals surface area contributed by atoms with Gasteiger partial charge in [0.05, 0.1) is 5.54 Å². The predicted molar refractivity (Wildman–Crippen MR) is 77.2 cm³/mol. The molecule has 1 aliphatic rings. The average molecular weight is 242 g/mol. The van der Waals surface area contributed by atoms with Gasteiger partial charge >= 0.3 is 0 Å². The van der Waals surface area contributed by atoms with E-state index in [-0.39, 0.29) is 12.0 Å². The van der Waals surface area contributed by atoms with Crippen molar-refractivity contribution >= 4 is 0 Å². The first-order valence-electron chi connectivity index (χ1n) is 6.51. The molecule has 2 rings (SSSR count). The van der Waals surface area contributed by atoms with E-state index >= 15 is 0 Å². The maximum Gasteiger partial charge on any atom is 0.0604 e. The molecule has 0 spiro atoms. The van der Waals surface area contributed by atoms with Gasteiger partial charge in [-0.15, -0.1) is 0 Å². The lowest BCUT2D eigenvalue weighted by Gasteiger charge is -2.42. The minimum Gasteiger partial charge on any atom is -0.323 e. The lowest BCUT2D eigenvalue weighted by molar-refractivity contribution is 0.314. The lowest BCUT2D eigenvalue weighted by atomic mass is 9.68. The molecular formula is C16H22N2. The van der Waals surface area contributed by atoms with Crippen LogP contribution in [-0.2, 0) is 0 Å². The van der Waals surface area contributed by atoms with Crippen LogP contribution in [-0.4, -0.2) is 11.6 Å². The largest absolute Gasteiger partial charge is 0.323 e. The summed E-state index contributed by atoms with van der Waals surface area (Å²) in [7, 11) is 0. The molecular weight excluding hydrogens is 220 g/mol. The Bertz CT molecular complexity index is 447. The summed E-state index contributed by atoms with van der Waals surface area (Å²) in [6.07, 6.45) is 8.01. The fraction of sp³-hybridized carbons (Fsp3) is 0.375. The van der Waals surface area contributed by atoms with Crippen LogP contribution >= 0.6 is 0 Å². The Morgan fingerprint density at radius 1 is 1.11 bits per heavy atom. The highest BCUT2D eigenvalue weighted by Gasteiger charge is 2.40. The first kappa shape index (κ1) is 13.1. The monoisotopic (exact) mass is 242 g/mol. The first-order valence-corrected chi connectivity index (χ1v) is 6.51. The SMILES string of the molecule is CC(C)C(c1ccccc1)C1(N)C=CC=CC1N. The van der Waals surface area contributed by atoms with Gasteiger partial charge in [-0.2, -0.15) is 0 Å². The molecule has 0 bridgehead atoms. The van der Waals surface area contributed by atoms with E-state index in [0.717, 1.165) is 0 Å². The number of allylic oxidation sites excluding steroid dienone is 2. The van der Waals surface area contributed by atoms with Gasteiger partial charge in [-0.3, -0.25) is 0 Å². The van der Waals surface area contributed by atoms with Crippen molar-refractivity contribution in [1.82, 2.24) is 0 Å². The second-order valence-electron chi connectivity index (χ2n) is 5.40. The Morgan fingerprint density at radius 3 is 2.33 bits per heavy atom. The predicted octanol–water partition coefficient (Wildman–Crippen LogP) is 2.58. The highest BCUT2D eigenvalue weighted by atomic mass is 14.9. The fourth-order valence-corrected chi connectivity index (χ4v) is 2.91. The smallest absolute Gasteiger partial charge is 0.0604 e. The van der Waals surface area contributed by atoms with Crippen LogP contribution in [0.15, 0.2) is 54.6 Å². The van der Waals surface area contributed by atoms with Crippen LogP contribution in [0, 0.1) is 5.92 Å². The highest BCUT2D eigenvalue weighted by Crippen LogP contribution is 2.37. The molecule has 2 heteroatoms. The van der Waals surface area contributed by atoms with Crippen molar-refractivity contribution in [2.75, 3.05) is 0 Å². The topological polar surface area (TPSA) is 52.0 Å². The molecule has 96 valence electrons. The summed E-state index contributed by atoms with van der Waals surface area (Å²) in [5.74, 6) is 0.648. The molecule has 3 unspecified atom stereocenters. The standard InChI is InChI=1S/C16H22N2/c1-12(2)15(13-8-4-3-5-9-13)16(18)11-7-6-10-14(16)17/h3-12,14-15H,17-18H2,1-2H3. The van der Waals surface area contributed by atoms with Gasteiger partial charge in [0.1, 0.15) is 0 Å². The molecule has 0 radical (unpaired) electrons. The van der Waals surface area contributed by atoms with Gasteiger partial charge in [-0.1, -0.05) is 68.5 Å². The molecule has 0 heterocycles. The Kier molecular flexibility index (Phi) is 3.69. The molecule has 0 fully saturated rings. The van der Waals surface area contributed by atoms with Crippen LogP contribution in [0.25, 0.3) is 0 Å². The van der Waals surface area contributed by atoms with Crippen molar-refractivity contribution in [2.45, 2.75) is 31.3 Å². The zero-order valence-corrected chi connectivity index (χ0v) is 11.1. The Balaban J connectivity index is 2.43. The van der Waals surface area contributed by atoms with Crippen molar-refractivity contribution in [3.8, 4) is 0 Å². The van der Waals surface area contributed by atoms with E-state index in [1.165, 1.54) is 5.56 Å². The van der Waals surface area contributed by atoms with Gasteiger partial charge in [0.25, 0.3) is 0 Å². The lowest BCUT2D eigenvalue weighted by Crippen LogP contribution is -2.58. The van der Waals surface area contributed by atoms with Gasteiger partial charge in [0.2, 0.25) is 0 Å². The summed E-state index contributed by atoms with van der Waals surface area (Å²) < 4.78 is 0. The maximum absolute atomic E-state index is 6.62. The minimum atomic E-state index is -0.510. The molecule has 1 aliphatic carbocycles. The fourth-order valence-electron chi connectivity index (χ4n) is 2.91. The van der Waals surface area contributed by atoms with Crippen LogP contribution in [0.2, 0.25) is 0 Å². The van der Waals surface area contributed by atoms with Gasteiger partial charge in [0, 0.05) is 12.0 Å². The Labute approximate surface area is 109 Å². The van der Waals surface area contributed by atoms with Gasteiger partial charge < -0.3 is 11.5 Å². The third-order valence-corrected chi connectivity index (χ3v) is 3.76. The normalized spacial score (nSPS) is 28.6. The summed E-state index contributed by atoms with van der Waals surface area (Å²) in [5.41, 5.74) is 13.6. The van der Waals surface area contributed by atoms with Crippen LogP contribution < -0.4 is 11.5 Å². The second kappa shape index (κ2) is 5.09. The second-order valence-corrected chi connectivity index (χ2v) is 5.40. The first-order chi connectivity index (χ1) is 8.55.